The van der Waals surface area contributed by atoms with Crippen LogP contribution in [0.2, 0.25) is 0 Å². The lowest BCUT2D eigenvalue weighted by Gasteiger charge is -2.16. The van der Waals surface area contributed by atoms with Gasteiger partial charge in [0.05, 0.1) is 27.3 Å². The topological polar surface area (TPSA) is 95.0 Å². The number of benzene rings is 1. The van der Waals surface area contributed by atoms with Gasteiger partial charge < -0.3 is 5.73 Å². The Labute approximate surface area is 149 Å². The monoisotopic (exact) mass is 387 g/mol. The van der Waals surface area contributed by atoms with Crippen molar-refractivity contribution >= 4 is 16.7 Å². The lowest BCUT2D eigenvalue weighted by Crippen LogP contribution is -2.35. The number of amides is 1. The number of alkyl halides is 3. The molecule has 2 rings (SSSR count). The molecule has 1 aromatic heterocycles. The van der Waals surface area contributed by atoms with Crippen LogP contribution in [0.4, 0.5) is 13.2 Å². The molecule has 1 aromatic carbocycles. The summed E-state index contributed by atoms with van der Waals surface area (Å²) in [6.45, 7) is 3.27. The fourth-order valence-corrected chi connectivity index (χ4v) is 3.29. The molecule has 26 heavy (non-hydrogen) atoms. The maximum atomic E-state index is 12.8. The molecule has 6 nitrogen and oxygen atoms in total. The third-order valence-electron chi connectivity index (χ3n) is 3.58. The minimum atomic E-state index is -4.52. The first kappa shape index (κ1) is 19.8. The van der Waals surface area contributed by atoms with E-state index in [1.54, 1.807) is 13.8 Å². The molecule has 140 valence electrons. The summed E-state index contributed by atoms with van der Waals surface area (Å²) >= 11 is 0. The SMILES string of the molecule is CC(C)n1nc(-c2ccc(C(F)(F)F)cc2)c([S@](C)=O)c(C(N)=O)c1=O. The van der Waals surface area contributed by atoms with Crippen molar-refractivity contribution in [3.63, 3.8) is 0 Å². The predicted octanol–water partition coefficient (Wildman–Crippen LogP) is 2.35. The molecule has 1 heterocycles. The molecule has 1 atom stereocenters. The van der Waals surface area contributed by atoms with Gasteiger partial charge in [-0.3, -0.25) is 13.8 Å². The van der Waals surface area contributed by atoms with E-state index in [1.807, 2.05) is 0 Å². The molecular weight excluding hydrogens is 371 g/mol. The average Bonchev–Trinajstić information content (AvgIpc) is 2.52. The third kappa shape index (κ3) is 3.69. The van der Waals surface area contributed by atoms with Crippen LogP contribution in [0.5, 0.6) is 0 Å². The molecule has 0 aliphatic carbocycles. The quantitative estimate of drug-likeness (QED) is 0.871. The summed E-state index contributed by atoms with van der Waals surface area (Å²) in [5.74, 6) is -1.08. The molecule has 0 aliphatic heterocycles. The first-order valence-corrected chi connectivity index (χ1v) is 8.98. The van der Waals surface area contributed by atoms with Crippen LogP contribution in [0.25, 0.3) is 11.3 Å². The highest BCUT2D eigenvalue weighted by molar-refractivity contribution is 7.84. The van der Waals surface area contributed by atoms with E-state index in [2.05, 4.69) is 5.10 Å². The van der Waals surface area contributed by atoms with Crippen molar-refractivity contribution in [1.82, 2.24) is 9.78 Å². The van der Waals surface area contributed by atoms with Crippen molar-refractivity contribution in [3.8, 4) is 11.3 Å². The van der Waals surface area contributed by atoms with Crippen LogP contribution in [0.3, 0.4) is 0 Å². The molecule has 0 radical (unpaired) electrons. The molecule has 0 spiro atoms. The second-order valence-corrected chi connectivity index (χ2v) is 7.11. The predicted molar refractivity (Wildman–Crippen MR) is 90.2 cm³/mol. The number of nitrogens with zero attached hydrogens (tertiary/aromatic N) is 2. The lowest BCUT2D eigenvalue weighted by atomic mass is 10.1. The number of halogens is 3. The minimum absolute atomic E-state index is 0.0262. The van der Waals surface area contributed by atoms with Crippen LogP contribution in [0.15, 0.2) is 34.0 Å². The van der Waals surface area contributed by atoms with E-state index in [0.29, 0.717) is 0 Å². The number of hydrogen-bond acceptors (Lipinski definition) is 4. The van der Waals surface area contributed by atoms with E-state index in [1.165, 1.54) is 6.26 Å². The molecule has 0 fully saturated rings. The largest absolute Gasteiger partial charge is 0.416 e. The fraction of sp³-hybridized carbons (Fsp3) is 0.312. The van der Waals surface area contributed by atoms with Crippen molar-refractivity contribution in [2.45, 2.75) is 31.0 Å². The van der Waals surface area contributed by atoms with Gasteiger partial charge in [0.15, 0.2) is 0 Å². The molecule has 0 unspecified atom stereocenters. The fourth-order valence-electron chi connectivity index (χ4n) is 2.38. The van der Waals surface area contributed by atoms with Gasteiger partial charge in [0, 0.05) is 11.8 Å². The van der Waals surface area contributed by atoms with Crippen LogP contribution >= 0.6 is 0 Å². The molecule has 2 N–H and O–H groups in total. The number of carbonyl (C=O) groups is 1. The van der Waals surface area contributed by atoms with Gasteiger partial charge in [0.25, 0.3) is 11.5 Å². The smallest absolute Gasteiger partial charge is 0.365 e. The summed E-state index contributed by atoms with van der Waals surface area (Å²) in [6.07, 6.45) is -3.28. The Morgan fingerprint density at radius 2 is 1.77 bits per heavy atom. The molecular formula is C16H16F3N3O3S. The Kier molecular flexibility index (Phi) is 5.36. The summed E-state index contributed by atoms with van der Waals surface area (Å²) in [4.78, 5) is 24.1. The van der Waals surface area contributed by atoms with Gasteiger partial charge in [-0.1, -0.05) is 12.1 Å². The van der Waals surface area contributed by atoms with E-state index in [9.17, 15) is 27.0 Å². The second-order valence-electron chi connectivity index (χ2n) is 5.79. The zero-order valence-corrected chi connectivity index (χ0v) is 14.9. The zero-order valence-electron chi connectivity index (χ0n) is 14.1. The van der Waals surface area contributed by atoms with Gasteiger partial charge in [-0.05, 0) is 26.0 Å². The number of aromatic nitrogens is 2. The Morgan fingerprint density at radius 1 is 1.23 bits per heavy atom. The van der Waals surface area contributed by atoms with Crippen LogP contribution in [0, 0.1) is 0 Å². The maximum Gasteiger partial charge on any atom is 0.416 e. The molecule has 0 bridgehead atoms. The lowest BCUT2D eigenvalue weighted by molar-refractivity contribution is -0.137. The molecule has 1 amide bonds. The Morgan fingerprint density at radius 3 is 2.15 bits per heavy atom. The van der Waals surface area contributed by atoms with Crippen molar-refractivity contribution < 1.29 is 22.2 Å². The van der Waals surface area contributed by atoms with Gasteiger partial charge in [-0.25, -0.2) is 4.68 Å². The van der Waals surface area contributed by atoms with Gasteiger partial charge in [0.1, 0.15) is 11.3 Å². The van der Waals surface area contributed by atoms with Crippen molar-refractivity contribution in [1.29, 1.82) is 0 Å². The Hall–Kier alpha value is -2.49. The second kappa shape index (κ2) is 7.02. The van der Waals surface area contributed by atoms with Gasteiger partial charge in [-0.15, -0.1) is 0 Å². The van der Waals surface area contributed by atoms with E-state index >= 15 is 0 Å². The first-order valence-electron chi connectivity index (χ1n) is 7.42. The summed E-state index contributed by atoms with van der Waals surface area (Å²) in [5.41, 5.74) is 3.29. The summed E-state index contributed by atoms with van der Waals surface area (Å²) in [7, 11) is -1.83. The van der Waals surface area contributed by atoms with Crippen LogP contribution < -0.4 is 11.3 Å². The van der Waals surface area contributed by atoms with E-state index < -0.39 is 45.6 Å². The number of hydrogen-bond donors (Lipinski definition) is 1. The first-order chi connectivity index (χ1) is 11.9. The summed E-state index contributed by atoms with van der Waals surface area (Å²) in [6, 6.07) is 3.51. The van der Waals surface area contributed by atoms with E-state index in [-0.39, 0.29) is 16.2 Å². The van der Waals surface area contributed by atoms with Gasteiger partial charge in [-0.2, -0.15) is 18.3 Å². The van der Waals surface area contributed by atoms with E-state index in [0.717, 1.165) is 28.9 Å². The summed E-state index contributed by atoms with van der Waals surface area (Å²) in [5, 5.41) is 4.12. The minimum Gasteiger partial charge on any atom is -0.365 e. The summed E-state index contributed by atoms with van der Waals surface area (Å²) < 4.78 is 51.4. The van der Waals surface area contributed by atoms with Crippen LogP contribution in [-0.4, -0.2) is 26.2 Å². The molecule has 10 heteroatoms. The standard InChI is InChI=1S/C16H16F3N3O3S/c1-8(2)22-15(24)11(14(20)23)13(26(3)25)12(21-22)9-4-6-10(7-5-9)16(17,18)19/h4-8H,1-3H3,(H2,20,23)/t26-/m0/s1. The van der Waals surface area contributed by atoms with Crippen molar-refractivity contribution in [2.75, 3.05) is 6.26 Å². The van der Waals surface area contributed by atoms with Crippen molar-refractivity contribution in [3.05, 3.63) is 45.7 Å². The Balaban J connectivity index is 2.85. The number of rotatable bonds is 4. The number of nitrogens with two attached hydrogens (primary N) is 1. The van der Waals surface area contributed by atoms with E-state index in [4.69, 9.17) is 5.73 Å². The highest BCUT2D eigenvalue weighted by Crippen LogP contribution is 2.32. The molecule has 0 saturated carbocycles. The highest BCUT2D eigenvalue weighted by atomic mass is 32.2. The maximum absolute atomic E-state index is 12.8. The molecule has 0 saturated heterocycles. The normalized spacial score (nSPS) is 13.0. The van der Waals surface area contributed by atoms with Gasteiger partial charge in [0.2, 0.25) is 0 Å². The number of primary amides is 1. The third-order valence-corrected chi connectivity index (χ3v) is 4.55. The van der Waals surface area contributed by atoms with Crippen LogP contribution in [-0.2, 0) is 17.0 Å². The van der Waals surface area contributed by atoms with Gasteiger partial charge >= 0.3 is 6.18 Å². The highest BCUT2D eigenvalue weighted by Gasteiger charge is 2.31. The van der Waals surface area contributed by atoms with Crippen molar-refractivity contribution in [2.24, 2.45) is 5.73 Å². The molecule has 0 aliphatic rings. The molecule has 2 aromatic rings. The Bertz CT molecular complexity index is 935. The number of carbonyl (C=O) groups excluding carboxylic acids is 1. The average molecular weight is 387 g/mol. The zero-order chi connectivity index (χ0) is 19.8. The van der Waals surface area contributed by atoms with Crippen LogP contribution in [0.1, 0.15) is 35.8 Å².